The second-order valence-corrected chi connectivity index (χ2v) is 9.53. The first kappa shape index (κ1) is 25.7. The molecule has 2 atom stereocenters. The van der Waals surface area contributed by atoms with Crippen LogP contribution in [0.4, 0.5) is 0 Å². The summed E-state index contributed by atoms with van der Waals surface area (Å²) in [7, 11) is 0. The van der Waals surface area contributed by atoms with Gasteiger partial charge in [-0.15, -0.1) is 5.10 Å². The molecule has 2 N–H and O–H groups in total. The third-order valence-electron chi connectivity index (χ3n) is 5.06. The number of carboxylic acids is 1. The van der Waals surface area contributed by atoms with Crippen LogP contribution in [0.5, 0.6) is 5.75 Å². The highest BCUT2D eigenvalue weighted by Gasteiger charge is 2.30. The number of hydrogen-bond acceptors (Lipinski definition) is 6. The number of tetrazole rings is 1. The Morgan fingerprint density at radius 1 is 1.18 bits per heavy atom. The number of nitrogens with one attached hydrogen (secondary N) is 1. The van der Waals surface area contributed by atoms with Crippen molar-refractivity contribution in [3.63, 3.8) is 0 Å². The van der Waals surface area contributed by atoms with Crippen LogP contribution in [0, 0.1) is 0 Å². The monoisotopic (exact) mass is 503 g/mol. The first-order valence-corrected chi connectivity index (χ1v) is 11.4. The van der Waals surface area contributed by atoms with Gasteiger partial charge in [-0.2, -0.15) is 0 Å². The van der Waals surface area contributed by atoms with E-state index in [-0.39, 0.29) is 6.42 Å². The maximum atomic E-state index is 11.7. The van der Waals surface area contributed by atoms with Gasteiger partial charge in [-0.05, 0) is 66.6 Å². The summed E-state index contributed by atoms with van der Waals surface area (Å²) in [5, 5.41) is 26.2. The van der Waals surface area contributed by atoms with Gasteiger partial charge in [-0.1, -0.05) is 54.1 Å². The molecule has 0 bridgehead atoms. The minimum atomic E-state index is -0.967. The van der Waals surface area contributed by atoms with Crippen LogP contribution < -0.4 is 10.1 Å². The largest absolute Gasteiger partial charge is 0.490 e. The molecule has 2 aromatic carbocycles. The lowest BCUT2D eigenvalue weighted by atomic mass is 9.98. The van der Waals surface area contributed by atoms with Crippen LogP contribution in [-0.2, 0) is 10.3 Å². The number of benzene rings is 2. The lowest BCUT2D eigenvalue weighted by Gasteiger charge is -2.28. The molecule has 34 heavy (non-hydrogen) atoms. The Balaban J connectivity index is 2.06. The topological polar surface area (TPSA) is 102 Å². The third kappa shape index (κ3) is 6.34. The van der Waals surface area contributed by atoms with Gasteiger partial charge in [0.05, 0.1) is 28.0 Å². The minimum absolute atomic E-state index is 0.188. The van der Waals surface area contributed by atoms with Crippen LogP contribution in [0.15, 0.2) is 55.1 Å². The first-order valence-electron chi connectivity index (χ1n) is 10.7. The fraction of sp³-hybridized carbons (Fsp3) is 0.333. The molecule has 0 fully saturated rings. The molecule has 0 spiro atoms. The second kappa shape index (κ2) is 11.0. The van der Waals surface area contributed by atoms with Crippen LogP contribution in [0.25, 0.3) is 0 Å². The smallest absolute Gasteiger partial charge is 0.305 e. The number of nitrogens with zero attached hydrogens (tertiary/aromatic N) is 4. The number of aromatic nitrogens is 4. The summed E-state index contributed by atoms with van der Waals surface area (Å²) in [6.07, 6.45) is 1.48. The van der Waals surface area contributed by atoms with Crippen molar-refractivity contribution < 1.29 is 14.6 Å². The molecule has 3 rings (SSSR count). The van der Waals surface area contributed by atoms with Crippen LogP contribution >= 0.6 is 23.2 Å². The summed E-state index contributed by atoms with van der Waals surface area (Å²) < 4.78 is 7.32. The summed E-state index contributed by atoms with van der Waals surface area (Å²) in [5.74, 6) is 0.262. The van der Waals surface area contributed by atoms with E-state index in [1.165, 1.54) is 0 Å². The van der Waals surface area contributed by atoms with Gasteiger partial charge in [0.25, 0.3) is 0 Å². The van der Waals surface area contributed by atoms with Gasteiger partial charge in [0.1, 0.15) is 12.4 Å². The average molecular weight is 504 g/mol. The molecule has 0 radical (unpaired) electrons. The van der Waals surface area contributed by atoms with Crippen molar-refractivity contribution in [3.8, 4) is 5.75 Å². The zero-order valence-corrected chi connectivity index (χ0v) is 20.7. The van der Waals surface area contributed by atoms with Crippen LogP contribution in [0.1, 0.15) is 56.2 Å². The standard InChI is InChI=1S/C24H27Cl2N5O3/c1-5-12-34-17-9-6-15(7-10-17)22(23-28-29-30-31(23)24(2,3)4)27-20(14-21(32)33)16-8-11-18(25)19(26)13-16/h5-11,13,20,22,27H,1,12,14H2,2-4H3,(H,32,33). The first-order chi connectivity index (χ1) is 16.1. The van der Waals surface area contributed by atoms with E-state index in [2.05, 4.69) is 27.4 Å². The van der Waals surface area contributed by atoms with Gasteiger partial charge in [0.15, 0.2) is 5.82 Å². The summed E-state index contributed by atoms with van der Waals surface area (Å²) >= 11 is 12.3. The molecule has 0 amide bonds. The van der Waals surface area contributed by atoms with E-state index in [1.807, 2.05) is 45.0 Å². The highest BCUT2D eigenvalue weighted by Crippen LogP contribution is 2.32. The molecule has 1 aromatic heterocycles. The lowest BCUT2D eigenvalue weighted by molar-refractivity contribution is -0.137. The van der Waals surface area contributed by atoms with E-state index in [1.54, 1.807) is 29.0 Å². The van der Waals surface area contributed by atoms with Crippen molar-refractivity contribution in [2.45, 2.75) is 44.8 Å². The van der Waals surface area contributed by atoms with Gasteiger partial charge in [-0.3, -0.25) is 10.1 Å². The average Bonchev–Trinajstić information content (AvgIpc) is 3.27. The summed E-state index contributed by atoms with van der Waals surface area (Å²) in [6, 6.07) is 11.4. The number of carbonyl (C=O) groups is 1. The number of halogens is 2. The zero-order valence-electron chi connectivity index (χ0n) is 19.2. The SMILES string of the molecule is C=CCOc1ccc(C(NC(CC(=O)O)c2ccc(Cl)c(Cl)c2)c2nnnn2C(C)(C)C)cc1. The molecule has 0 aliphatic rings. The van der Waals surface area contributed by atoms with Crippen molar-refractivity contribution in [3.05, 3.63) is 82.1 Å². The molecule has 0 aliphatic heterocycles. The van der Waals surface area contributed by atoms with E-state index in [0.717, 1.165) is 5.56 Å². The van der Waals surface area contributed by atoms with Gasteiger partial charge in [0, 0.05) is 6.04 Å². The maximum absolute atomic E-state index is 11.7. The van der Waals surface area contributed by atoms with Crippen molar-refractivity contribution in [2.24, 2.45) is 0 Å². The summed E-state index contributed by atoms with van der Waals surface area (Å²) in [6.45, 7) is 10.0. The van der Waals surface area contributed by atoms with Crippen molar-refractivity contribution in [1.82, 2.24) is 25.5 Å². The number of rotatable bonds is 10. The van der Waals surface area contributed by atoms with Gasteiger partial charge in [-0.25, -0.2) is 4.68 Å². The Morgan fingerprint density at radius 3 is 2.44 bits per heavy atom. The fourth-order valence-electron chi connectivity index (χ4n) is 3.46. The number of hydrogen-bond donors (Lipinski definition) is 2. The van der Waals surface area contributed by atoms with E-state index < -0.39 is 23.6 Å². The third-order valence-corrected chi connectivity index (χ3v) is 5.80. The van der Waals surface area contributed by atoms with Crippen LogP contribution in [0.3, 0.4) is 0 Å². The molecule has 180 valence electrons. The molecule has 3 aromatic rings. The molecule has 0 saturated carbocycles. The lowest BCUT2D eigenvalue weighted by Crippen LogP contribution is -2.34. The van der Waals surface area contributed by atoms with E-state index in [0.29, 0.717) is 33.8 Å². The van der Waals surface area contributed by atoms with Crippen molar-refractivity contribution in [2.75, 3.05) is 6.61 Å². The Morgan fingerprint density at radius 2 is 1.85 bits per heavy atom. The molecule has 8 nitrogen and oxygen atoms in total. The van der Waals surface area contributed by atoms with E-state index in [4.69, 9.17) is 27.9 Å². The highest BCUT2D eigenvalue weighted by atomic mass is 35.5. The molecular weight excluding hydrogens is 477 g/mol. The molecule has 0 aliphatic carbocycles. The Kier molecular flexibility index (Phi) is 8.30. The predicted octanol–water partition coefficient (Wildman–Crippen LogP) is 5.19. The Hall–Kier alpha value is -2.94. The molecule has 0 saturated heterocycles. The molecule has 2 unspecified atom stereocenters. The number of ether oxygens (including phenoxy) is 1. The summed E-state index contributed by atoms with van der Waals surface area (Å²) in [4.78, 5) is 11.7. The van der Waals surface area contributed by atoms with Crippen LogP contribution in [-0.4, -0.2) is 37.9 Å². The molecule has 1 heterocycles. The maximum Gasteiger partial charge on any atom is 0.305 e. The van der Waals surface area contributed by atoms with Crippen molar-refractivity contribution >= 4 is 29.2 Å². The normalized spacial score (nSPS) is 13.3. The fourth-order valence-corrected chi connectivity index (χ4v) is 3.77. The second-order valence-electron chi connectivity index (χ2n) is 8.71. The highest BCUT2D eigenvalue weighted by molar-refractivity contribution is 6.42. The van der Waals surface area contributed by atoms with Crippen molar-refractivity contribution in [1.29, 1.82) is 0 Å². The number of carboxylic acid groups (broad SMARTS) is 1. The van der Waals surface area contributed by atoms with Gasteiger partial charge in [0.2, 0.25) is 0 Å². The predicted molar refractivity (Wildman–Crippen MR) is 131 cm³/mol. The number of aliphatic carboxylic acids is 1. The summed E-state index contributed by atoms with van der Waals surface area (Å²) in [5.41, 5.74) is 1.11. The van der Waals surface area contributed by atoms with Crippen LogP contribution in [0.2, 0.25) is 10.0 Å². The quantitative estimate of drug-likeness (QED) is 0.366. The van der Waals surface area contributed by atoms with Gasteiger partial charge >= 0.3 is 5.97 Å². The van der Waals surface area contributed by atoms with Gasteiger partial charge < -0.3 is 9.84 Å². The Labute approximate surface area is 208 Å². The van der Waals surface area contributed by atoms with E-state index in [9.17, 15) is 9.90 Å². The molecule has 10 heteroatoms. The Bertz CT molecular complexity index is 1140. The molecular formula is C24H27Cl2N5O3. The minimum Gasteiger partial charge on any atom is -0.490 e. The van der Waals surface area contributed by atoms with E-state index >= 15 is 0 Å². The zero-order chi connectivity index (χ0) is 24.9.